The summed E-state index contributed by atoms with van der Waals surface area (Å²) in [6.07, 6.45) is -6.32. The molecular formula is C20H20F3N3O5. The molecule has 8 nitrogen and oxygen atoms in total. The van der Waals surface area contributed by atoms with Gasteiger partial charge in [-0.25, -0.2) is 4.79 Å². The van der Waals surface area contributed by atoms with E-state index in [2.05, 4.69) is 15.4 Å². The molecule has 0 saturated carbocycles. The topological polar surface area (TPSA) is 128 Å². The number of carbonyl (C=O) groups is 4. The smallest absolute Gasteiger partial charge is 0.386 e. The Morgan fingerprint density at radius 2 is 1.68 bits per heavy atom. The number of hydrogen-bond acceptors (Lipinski definition) is 6. The lowest BCUT2D eigenvalue weighted by atomic mass is 10.0. The van der Waals surface area contributed by atoms with Crippen molar-refractivity contribution in [2.24, 2.45) is 5.73 Å². The Hall–Kier alpha value is -3.47. The highest BCUT2D eigenvalue weighted by Gasteiger charge is 2.42. The third kappa shape index (κ3) is 6.78. The van der Waals surface area contributed by atoms with Crippen molar-refractivity contribution in [3.05, 3.63) is 48.0 Å². The Kier molecular flexibility index (Phi) is 7.70. The number of nitrogens with two attached hydrogens (primary N) is 1. The average Bonchev–Trinajstić information content (AvgIpc) is 2.70. The summed E-state index contributed by atoms with van der Waals surface area (Å²) in [6.45, 7) is 1.56. The number of nitrogens with one attached hydrogen (secondary N) is 2. The first-order chi connectivity index (χ1) is 14.5. The molecule has 31 heavy (non-hydrogen) atoms. The van der Waals surface area contributed by atoms with Crippen LogP contribution in [0.5, 0.6) is 0 Å². The Bertz CT molecular complexity index is 988. The van der Waals surface area contributed by atoms with Crippen LogP contribution in [0.25, 0.3) is 10.8 Å². The highest BCUT2D eigenvalue weighted by Crippen LogP contribution is 2.18. The van der Waals surface area contributed by atoms with Gasteiger partial charge in [0.2, 0.25) is 11.8 Å². The third-order valence-electron chi connectivity index (χ3n) is 4.25. The van der Waals surface area contributed by atoms with E-state index in [1.807, 2.05) is 42.5 Å². The quantitative estimate of drug-likeness (QED) is 0.441. The predicted molar refractivity (Wildman–Crippen MR) is 103 cm³/mol. The fourth-order valence-electron chi connectivity index (χ4n) is 2.64. The Labute approximate surface area is 174 Å². The molecule has 0 radical (unpaired) electrons. The molecule has 0 aliphatic carbocycles. The molecule has 2 aromatic carbocycles. The van der Waals surface area contributed by atoms with Crippen LogP contribution < -0.4 is 16.4 Å². The van der Waals surface area contributed by atoms with Gasteiger partial charge in [0.05, 0.1) is 12.5 Å². The van der Waals surface area contributed by atoms with Crippen molar-refractivity contribution in [3.63, 3.8) is 0 Å². The molecule has 0 aromatic heterocycles. The maximum atomic E-state index is 12.3. The molecule has 2 amide bonds. The van der Waals surface area contributed by atoms with Crippen molar-refractivity contribution < 1.29 is 37.1 Å². The van der Waals surface area contributed by atoms with Crippen LogP contribution in [0.15, 0.2) is 42.5 Å². The maximum Gasteiger partial charge on any atom is 0.491 e. The van der Waals surface area contributed by atoms with Gasteiger partial charge in [0.15, 0.2) is 0 Å². The van der Waals surface area contributed by atoms with E-state index in [9.17, 15) is 32.3 Å². The minimum atomic E-state index is -5.35. The lowest BCUT2D eigenvalue weighted by molar-refractivity contribution is -0.202. The lowest BCUT2D eigenvalue weighted by Crippen LogP contribution is -2.50. The molecule has 0 aliphatic rings. The summed E-state index contributed by atoms with van der Waals surface area (Å²) in [5, 5.41) is 6.87. The Morgan fingerprint density at radius 1 is 1.03 bits per heavy atom. The Balaban J connectivity index is 1.85. The molecule has 2 atom stereocenters. The monoisotopic (exact) mass is 439 g/mol. The zero-order chi connectivity index (χ0) is 23.2. The molecule has 4 N–H and O–H groups in total. The van der Waals surface area contributed by atoms with Crippen molar-refractivity contribution in [2.45, 2.75) is 38.1 Å². The van der Waals surface area contributed by atoms with Crippen molar-refractivity contribution in [3.8, 4) is 0 Å². The van der Waals surface area contributed by atoms with Crippen LogP contribution in [-0.4, -0.2) is 42.0 Å². The van der Waals surface area contributed by atoms with E-state index in [0.29, 0.717) is 0 Å². The Morgan fingerprint density at radius 3 is 2.35 bits per heavy atom. The molecule has 0 saturated heterocycles. The molecule has 0 heterocycles. The summed E-state index contributed by atoms with van der Waals surface area (Å²) in [5.41, 5.74) is 6.30. The number of rotatable bonds is 7. The van der Waals surface area contributed by atoms with Gasteiger partial charge in [-0.05, 0) is 23.3 Å². The van der Waals surface area contributed by atoms with Gasteiger partial charge in [0.25, 0.3) is 0 Å². The number of amides is 2. The number of halogens is 3. The summed E-state index contributed by atoms with van der Waals surface area (Å²) in [4.78, 5) is 46.2. The fraction of sp³-hybridized carbons (Fsp3) is 0.300. The van der Waals surface area contributed by atoms with Crippen LogP contribution in [0.1, 0.15) is 18.9 Å². The average molecular weight is 439 g/mol. The first kappa shape index (κ1) is 23.8. The first-order valence-corrected chi connectivity index (χ1v) is 9.11. The van der Waals surface area contributed by atoms with Crippen LogP contribution in [-0.2, 0) is 30.5 Å². The van der Waals surface area contributed by atoms with Gasteiger partial charge < -0.3 is 21.1 Å². The second kappa shape index (κ2) is 10.0. The van der Waals surface area contributed by atoms with Gasteiger partial charge in [-0.1, -0.05) is 42.5 Å². The van der Waals surface area contributed by atoms with Crippen molar-refractivity contribution in [1.29, 1.82) is 0 Å². The van der Waals surface area contributed by atoms with Gasteiger partial charge in [0.1, 0.15) is 6.04 Å². The van der Waals surface area contributed by atoms with Crippen LogP contribution in [0.2, 0.25) is 0 Å². The summed E-state index contributed by atoms with van der Waals surface area (Å²) in [5.74, 6) is -5.82. The van der Waals surface area contributed by atoms with E-state index < -0.39 is 48.4 Å². The SMILES string of the molecule is C[C@H](NC(=O)[C@@H](N)CC(=O)OC(=O)C(F)(F)F)C(=O)NCc1cccc2ccccc12. The number of fused-ring (bicyclic) bond motifs is 1. The van der Waals surface area contributed by atoms with Crippen molar-refractivity contribution in [2.75, 3.05) is 0 Å². The molecule has 2 rings (SSSR count). The summed E-state index contributed by atoms with van der Waals surface area (Å²) < 4.78 is 39.8. The lowest BCUT2D eigenvalue weighted by Gasteiger charge is -2.17. The second-order valence-corrected chi connectivity index (χ2v) is 6.66. The van der Waals surface area contributed by atoms with Crippen molar-refractivity contribution >= 4 is 34.5 Å². The predicted octanol–water partition coefficient (Wildman–Crippen LogP) is 1.31. The molecule has 0 spiro atoms. The highest BCUT2D eigenvalue weighted by molar-refractivity contribution is 5.94. The first-order valence-electron chi connectivity index (χ1n) is 9.11. The zero-order valence-corrected chi connectivity index (χ0v) is 16.4. The summed E-state index contributed by atoms with van der Waals surface area (Å²) in [6, 6.07) is 10.6. The van der Waals surface area contributed by atoms with E-state index in [1.54, 1.807) is 0 Å². The van der Waals surface area contributed by atoms with E-state index in [0.717, 1.165) is 16.3 Å². The van der Waals surface area contributed by atoms with Crippen LogP contribution in [0.3, 0.4) is 0 Å². The van der Waals surface area contributed by atoms with Crippen molar-refractivity contribution in [1.82, 2.24) is 10.6 Å². The molecule has 2 aromatic rings. The van der Waals surface area contributed by atoms with Crippen LogP contribution in [0.4, 0.5) is 13.2 Å². The largest absolute Gasteiger partial charge is 0.491 e. The minimum absolute atomic E-state index is 0.193. The van der Waals surface area contributed by atoms with Crippen LogP contribution >= 0.6 is 0 Å². The van der Waals surface area contributed by atoms with Gasteiger partial charge in [0, 0.05) is 6.54 Å². The van der Waals surface area contributed by atoms with Gasteiger partial charge in [-0.3, -0.25) is 14.4 Å². The van der Waals surface area contributed by atoms with E-state index >= 15 is 0 Å². The van der Waals surface area contributed by atoms with Gasteiger partial charge >= 0.3 is 18.1 Å². The third-order valence-corrected chi connectivity index (χ3v) is 4.25. The molecule has 0 unspecified atom stereocenters. The molecule has 0 bridgehead atoms. The molecular weight excluding hydrogens is 419 g/mol. The fourth-order valence-corrected chi connectivity index (χ4v) is 2.64. The zero-order valence-electron chi connectivity index (χ0n) is 16.4. The number of esters is 2. The van der Waals surface area contributed by atoms with E-state index in [-0.39, 0.29) is 6.54 Å². The number of hydrogen-bond donors (Lipinski definition) is 3. The minimum Gasteiger partial charge on any atom is -0.386 e. The standard InChI is InChI=1S/C20H20F3N3O5/c1-11(26-18(29)15(24)9-16(27)31-19(30)20(21,22)23)17(28)25-10-13-7-4-6-12-5-2-3-8-14(12)13/h2-8,11,15H,9-10,24H2,1H3,(H,25,28)(H,26,29)/t11-,15-/m0/s1. The number of ether oxygens (including phenoxy) is 1. The number of alkyl halides is 3. The van der Waals surface area contributed by atoms with Crippen LogP contribution in [0, 0.1) is 0 Å². The summed E-state index contributed by atoms with van der Waals surface area (Å²) in [7, 11) is 0. The second-order valence-electron chi connectivity index (χ2n) is 6.66. The van der Waals surface area contributed by atoms with E-state index in [4.69, 9.17) is 5.73 Å². The summed E-state index contributed by atoms with van der Waals surface area (Å²) >= 11 is 0. The maximum absolute atomic E-state index is 12.3. The van der Waals surface area contributed by atoms with E-state index in [1.165, 1.54) is 6.92 Å². The molecule has 0 aliphatic heterocycles. The van der Waals surface area contributed by atoms with Gasteiger partial charge in [-0.15, -0.1) is 0 Å². The van der Waals surface area contributed by atoms with Gasteiger partial charge in [-0.2, -0.15) is 13.2 Å². The number of benzene rings is 2. The highest BCUT2D eigenvalue weighted by atomic mass is 19.4. The molecule has 11 heteroatoms. The number of carbonyl (C=O) groups excluding carboxylic acids is 4. The molecule has 166 valence electrons. The molecule has 0 fully saturated rings. The normalized spacial score (nSPS) is 13.2.